The molecule has 3 N–H and O–H groups in total. The maximum absolute atomic E-state index is 13.6. The van der Waals surface area contributed by atoms with Crippen molar-refractivity contribution in [2.45, 2.75) is 60.9 Å². The van der Waals surface area contributed by atoms with E-state index in [9.17, 15) is 41.4 Å². The van der Waals surface area contributed by atoms with Crippen molar-refractivity contribution in [1.29, 1.82) is 0 Å². The van der Waals surface area contributed by atoms with Crippen molar-refractivity contribution < 1.29 is 41.4 Å². The number of carbonyl (C=O) groups is 2. The number of nitrogens with one attached hydrogen (secondary N) is 1. The van der Waals surface area contributed by atoms with Gasteiger partial charge in [-0.25, -0.2) is 21.6 Å². The number of hydrogen-bond acceptors (Lipinski definition) is 6. The molecule has 0 spiro atoms. The van der Waals surface area contributed by atoms with E-state index in [1.54, 1.807) is 18.7 Å². The lowest BCUT2D eigenvalue weighted by molar-refractivity contribution is -0.191. The minimum Gasteiger partial charge on any atom is -0.390 e. The van der Waals surface area contributed by atoms with Gasteiger partial charge in [0.15, 0.2) is 27.3 Å². The van der Waals surface area contributed by atoms with Gasteiger partial charge in [0.25, 0.3) is 5.91 Å². The zero-order valence-corrected chi connectivity index (χ0v) is 23.9. The van der Waals surface area contributed by atoms with E-state index in [1.807, 2.05) is 0 Å². The summed E-state index contributed by atoms with van der Waals surface area (Å²) in [5, 5.41) is 22.6. The number of hydrogen-bond donors (Lipinski definition) is 3. The Balaban J connectivity index is 1.27. The topological polar surface area (TPSA) is 124 Å². The smallest absolute Gasteiger partial charge is 0.255 e. The van der Waals surface area contributed by atoms with Gasteiger partial charge in [-0.05, 0) is 63.1 Å². The first kappa shape index (κ1) is 29.8. The molecular weight excluding hydrogens is 585 g/mol. The van der Waals surface area contributed by atoms with Crippen molar-refractivity contribution in [3.63, 3.8) is 0 Å². The number of halogens is 4. The third-order valence-corrected chi connectivity index (χ3v) is 11.6. The Morgan fingerprint density at radius 2 is 1.66 bits per heavy atom. The largest absolute Gasteiger partial charge is 0.390 e. The second-order valence-corrected chi connectivity index (χ2v) is 14.5. The summed E-state index contributed by atoms with van der Waals surface area (Å²) in [4.78, 5) is 26.8. The van der Waals surface area contributed by atoms with Crippen LogP contribution in [0.1, 0.15) is 49.9 Å². The van der Waals surface area contributed by atoms with Crippen molar-refractivity contribution in [3.05, 3.63) is 58.4 Å². The second-order valence-electron chi connectivity index (χ2n) is 11.9. The van der Waals surface area contributed by atoms with Gasteiger partial charge in [0.1, 0.15) is 0 Å². The van der Waals surface area contributed by atoms with Gasteiger partial charge in [-0.1, -0.05) is 11.6 Å². The number of benzene rings is 2. The summed E-state index contributed by atoms with van der Waals surface area (Å²) in [6.45, 7) is 4.18. The van der Waals surface area contributed by atoms with Gasteiger partial charge in [-0.2, -0.15) is 0 Å². The molecule has 13 heteroatoms. The fourth-order valence-electron chi connectivity index (χ4n) is 6.15. The molecule has 1 aliphatic heterocycles. The average Bonchev–Trinajstić information content (AvgIpc) is 2.85. The number of carbonyl (C=O) groups excluding carboxylic acids is 2. The first-order valence-corrected chi connectivity index (χ1v) is 15.1. The Morgan fingerprint density at radius 3 is 2.22 bits per heavy atom. The summed E-state index contributed by atoms with van der Waals surface area (Å²) in [6.07, 6.45) is 0.684. The molecule has 0 radical (unpaired) electrons. The maximum atomic E-state index is 13.6. The normalized spacial score (nSPS) is 26.2. The predicted octanol–water partition coefficient (Wildman–Crippen LogP) is 3.93. The quantitative estimate of drug-likeness (QED) is 0.406. The van der Waals surface area contributed by atoms with Crippen LogP contribution in [0.4, 0.5) is 18.9 Å². The number of amides is 2. The molecule has 2 aromatic rings. The molecule has 6 rings (SSSR count). The van der Waals surface area contributed by atoms with Crippen LogP contribution in [0.5, 0.6) is 0 Å². The van der Waals surface area contributed by atoms with Crippen LogP contribution in [0.15, 0.2) is 35.2 Å². The number of nitrogens with zero attached hydrogens (tertiary/aromatic N) is 1. The molecule has 1 heterocycles. The average molecular weight is 615 g/mol. The lowest BCUT2D eigenvalue weighted by atomic mass is 9.52. The molecule has 8 nitrogen and oxygen atoms in total. The summed E-state index contributed by atoms with van der Waals surface area (Å²) in [5.74, 6) is -6.68. The van der Waals surface area contributed by atoms with Gasteiger partial charge in [-0.3, -0.25) is 9.59 Å². The van der Waals surface area contributed by atoms with Crippen molar-refractivity contribution in [3.8, 4) is 0 Å². The highest BCUT2D eigenvalue weighted by Gasteiger charge is 2.61. The van der Waals surface area contributed by atoms with Crippen LogP contribution in [0.3, 0.4) is 0 Å². The molecule has 0 aromatic heterocycles. The summed E-state index contributed by atoms with van der Waals surface area (Å²) in [6, 6.07) is 4.73. The zero-order chi connectivity index (χ0) is 30.1. The SMILES string of the molecule is CC(C)(O)C1CN(C(=O)CC2(O)C3CC2CC(S(=O)(=O)c2cc(C(=O)Nc4cc(F)c(F)c(F)c4)ccc2Cl)C3)C1. The van der Waals surface area contributed by atoms with E-state index in [2.05, 4.69) is 5.32 Å². The van der Waals surface area contributed by atoms with E-state index in [4.69, 9.17) is 11.6 Å². The molecule has 3 saturated carbocycles. The lowest BCUT2D eigenvalue weighted by Crippen LogP contribution is -2.65. The van der Waals surface area contributed by atoms with Crippen LogP contribution in [0.25, 0.3) is 0 Å². The molecule has 222 valence electrons. The van der Waals surface area contributed by atoms with E-state index in [0.29, 0.717) is 31.6 Å². The first-order chi connectivity index (χ1) is 19.0. The number of likely N-dealkylation sites (tertiary alicyclic amines) is 1. The van der Waals surface area contributed by atoms with Gasteiger partial charge in [0.05, 0.1) is 32.8 Å². The molecule has 2 unspecified atom stereocenters. The second kappa shape index (κ2) is 10.3. The minimum absolute atomic E-state index is 0.0443. The summed E-state index contributed by atoms with van der Waals surface area (Å²) >= 11 is 6.23. The third-order valence-electron chi connectivity index (χ3n) is 8.93. The fraction of sp³-hybridized carbons (Fsp3) is 0.500. The highest BCUT2D eigenvalue weighted by Crippen LogP contribution is 2.57. The molecule has 41 heavy (non-hydrogen) atoms. The van der Waals surface area contributed by atoms with E-state index in [1.165, 1.54) is 12.1 Å². The van der Waals surface area contributed by atoms with E-state index < -0.39 is 61.5 Å². The van der Waals surface area contributed by atoms with Crippen LogP contribution in [-0.2, 0) is 14.6 Å². The minimum atomic E-state index is -4.07. The molecular formula is C28H30ClF3N2O6S. The van der Waals surface area contributed by atoms with Crippen LogP contribution >= 0.6 is 11.6 Å². The monoisotopic (exact) mass is 614 g/mol. The Bertz CT molecular complexity index is 1490. The van der Waals surface area contributed by atoms with Crippen molar-refractivity contribution >= 4 is 38.9 Å². The van der Waals surface area contributed by atoms with Crippen molar-refractivity contribution in [1.82, 2.24) is 4.90 Å². The van der Waals surface area contributed by atoms with Gasteiger partial charge in [0.2, 0.25) is 5.91 Å². The molecule has 2 amide bonds. The maximum Gasteiger partial charge on any atom is 0.255 e. The molecule has 4 fully saturated rings. The molecule has 1 saturated heterocycles. The number of aliphatic hydroxyl groups is 2. The predicted molar refractivity (Wildman–Crippen MR) is 143 cm³/mol. The van der Waals surface area contributed by atoms with Gasteiger partial charge in [-0.15, -0.1) is 0 Å². The number of fused-ring (bicyclic) bond motifs is 2. The van der Waals surface area contributed by atoms with Gasteiger partial charge >= 0.3 is 0 Å². The Kier molecular flexibility index (Phi) is 7.45. The molecule has 2 aromatic carbocycles. The molecule has 3 aliphatic carbocycles. The molecule has 2 bridgehead atoms. The summed E-state index contributed by atoms with van der Waals surface area (Å²) < 4.78 is 67.6. The fourth-order valence-corrected chi connectivity index (χ4v) is 8.56. The van der Waals surface area contributed by atoms with Crippen LogP contribution in [-0.4, -0.2) is 64.9 Å². The zero-order valence-electron chi connectivity index (χ0n) is 22.3. The van der Waals surface area contributed by atoms with Gasteiger partial charge in [0, 0.05) is 42.4 Å². The highest BCUT2D eigenvalue weighted by molar-refractivity contribution is 7.92. The number of sulfone groups is 1. The van der Waals surface area contributed by atoms with Crippen molar-refractivity contribution in [2.75, 3.05) is 18.4 Å². The van der Waals surface area contributed by atoms with Crippen molar-refractivity contribution in [2.24, 2.45) is 17.8 Å². The standard InChI is InChI=1S/C28H30ClF3N2O6S/c1-27(2,37)17-12-34(13-17)24(35)11-28(38)15-6-16(28)8-19(7-15)41(39,40)23-5-14(3-4-20(23)29)26(36)33-18-9-21(30)25(32)22(31)10-18/h3-5,9-10,15-17,19,37-38H,6-8,11-13H2,1-2H3,(H,33,36). The van der Waals surface area contributed by atoms with E-state index in [-0.39, 0.29) is 52.3 Å². The van der Waals surface area contributed by atoms with Gasteiger partial charge < -0.3 is 20.4 Å². The Morgan fingerprint density at radius 1 is 1.07 bits per heavy atom. The Labute approximate surface area is 240 Å². The highest BCUT2D eigenvalue weighted by atomic mass is 35.5. The van der Waals surface area contributed by atoms with E-state index in [0.717, 1.165) is 6.07 Å². The number of rotatable bonds is 7. The molecule has 2 atom stereocenters. The summed E-state index contributed by atoms with van der Waals surface area (Å²) in [7, 11) is -4.07. The van der Waals surface area contributed by atoms with E-state index >= 15 is 0 Å². The lowest BCUT2D eigenvalue weighted by Gasteiger charge is -2.58. The van der Waals surface area contributed by atoms with Crippen LogP contribution in [0.2, 0.25) is 5.02 Å². The van der Waals surface area contributed by atoms with Crippen LogP contribution < -0.4 is 5.32 Å². The first-order valence-electron chi connectivity index (χ1n) is 13.2. The molecule has 4 aliphatic rings. The number of anilines is 1. The summed E-state index contributed by atoms with van der Waals surface area (Å²) in [5.41, 5.74) is -2.73. The third kappa shape index (κ3) is 5.35. The van der Waals surface area contributed by atoms with Crippen LogP contribution in [0, 0.1) is 35.2 Å². The Hall–Kier alpha value is -2.67.